The third-order valence-electron chi connectivity index (χ3n) is 3.69. The van der Waals surface area contributed by atoms with Crippen LogP contribution in [0.5, 0.6) is 0 Å². The zero-order chi connectivity index (χ0) is 12.8. The Kier molecular flexibility index (Phi) is 5.67. The molecular formula is C15H25NOS. The third kappa shape index (κ3) is 4.08. The lowest BCUT2D eigenvalue weighted by molar-refractivity contribution is 0.0485. The van der Waals surface area contributed by atoms with Gasteiger partial charge in [-0.3, -0.25) is 0 Å². The van der Waals surface area contributed by atoms with E-state index < -0.39 is 0 Å². The highest BCUT2D eigenvalue weighted by Gasteiger charge is 2.36. The van der Waals surface area contributed by atoms with Gasteiger partial charge in [0.1, 0.15) is 0 Å². The van der Waals surface area contributed by atoms with Gasteiger partial charge in [0.05, 0.1) is 6.10 Å². The Bertz CT molecular complexity index is 321. The summed E-state index contributed by atoms with van der Waals surface area (Å²) in [4.78, 5) is 1.49. The van der Waals surface area contributed by atoms with Crippen LogP contribution in [0.1, 0.15) is 37.5 Å². The number of hydrogen-bond donors (Lipinski definition) is 1. The zero-order valence-electron chi connectivity index (χ0n) is 11.5. The van der Waals surface area contributed by atoms with Crippen molar-refractivity contribution >= 4 is 11.3 Å². The predicted molar refractivity (Wildman–Crippen MR) is 78.2 cm³/mol. The van der Waals surface area contributed by atoms with Crippen molar-refractivity contribution in [1.82, 2.24) is 5.32 Å². The van der Waals surface area contributed by atoms with Crippen LogP contribution in [0.25, 0.3) is 0 Å². The second kappa shape index (κ2) is 7.27. The Morgan fingerprint density at radius 3 is 2.89 bits per heavy atom. The highest BCUT2D eigenvalue weighted by atomic mass is 32.1. The molecule has 0 saturated heterocycles. The molecule has 0 spiro atoms. The van der Waals surface area contributed by atoms with E-state index in [0.29, 0.717) is 12.1 Å². The van der Waals surface area contributed by atoms with Crippen molar-refractivity contribution in [1.29, 1.82) is 0 Å². The quantitative estimate of drug-likeness (QED) is 0.739. The molecule has 1 heterocycles. The van der Waals surface area contributed by atoms with Crippen molar-refractivity contribution in [3.8, 4) is 0 Å². The monoisotopic (exact) mass is 267 g/mol. The Hall–Kier alpha value is -0.380. The lowest BCUT2D eigenvalue weighted by Gasteiger charge is -2.27. The molecule has 0 radical (unpaired) electrons. The van der Waals surface area contributed by atoms with Gasteiger partial charge in [-0.25, -0.2) is 0 Å². The molecule has 1 aromatic heterocycles. The van der Waals surface area contributed by atoms with Crippen molar-refractivity contribution in [2.24, 2.45) is 5.92 Å². The maximum Gasteiger partial charge on any atom is 0.0752 e. The summed E-state index contributed by atoms with van der Waals surface area (Å²) in [6.45, 7) is 3.32. The zero-order valence-corrected chi connectivity index (χ0v) is 12.3. The topological polar surface area (TPSA) is 21.3 Å². The van der Waals surface area contributed by atoms with Gasteiger partial charge < -0.3 is 10.1 Å². The standard InChI is InChI=1S/C15H25NOS/c1-3-10-16-14(15(17-2)12-6-7-12)9-8-13-5-4-11-18-13/h4-5,11-12,14-16H,3,6-10H2,1-2H3. The minimum Gasteiger partial charge on any atom is -0.380 e. The van der Waals surface area contributed by atoms with E-state index in [2.05, 4.69) is 29.8 Å². The molecule has 3 heteroatoms. The second-order valence-corrected chi connectivity index (χ2v) is 6.25. The Labute approximate surface area is 115 Å². The molecule has 102 valence electrons. The second-order valence-electron chi connectivity index (χ2n) is 5.22. The molecule has 1 fully saturated rings. The van der Waals surface area contributed by atoms with Gasteiger partial charge in [-0.2, -0.15) is 0 Å². The highest BCUT2D eigenvalue weighted by Crippen LogP contribution is 2.36. The lowest BCUT2D eigenvalue weighted by atomic mass is 10.0. The molecular weight excluding hydrogens is 242 g/mol. The summed E-state index contributed by atoms with van der Waals surface area (Å²) in [5, 5.41) is 5.85. The predicted octanol–water partition coefficient (Wildman–Crippen LogP) is 3.47. The van der Waals surface area contributed by atoms with Crippen LogP contribution in [0.15, 0.2) is 17.5 Å². The molecule has 2 atom stereocenters. The molecule has 0 aromatic carbocycles. The molecule has 0 bridgehead atoms. The summed E-state index contributed by atoms with van der Waals surface area (Å²) in [5.74, 6) is 0.799. The number of methoxy groups -OCH3 is 1. The van der Waals surface area contributed by atoms with Crippen molar-refractivity contribution in [3.05, 3.63) is 22.4 Å². The van der Waals surface area contributed by atoms with Crippen LogP contribution in [0.4, 0.5) is 0 Å². The van der Waals surface area contributed by atoms with Crippen LogP contribution < -0.4 is 5.32 Å². The fourth-order valence-corrected chi connectivity index (χ4v) is 3.30. The molecule has 1 N–H and O–H groups in total. The maximum atomic E-state index is 5.74. The van der Waals surface area contributed by atoms with Crippen LogP contribution in [-0.2, 0) is 11.2 Å². The molecule has 2 unspecified atom stereocenters. The van der Waals surface area contributed by atoms with Gasteiger partial charge >= 0.3 is 0 Å². The number of hydrogen-bond acceptors (Lipinski definition) is 3. The van der Waals surface area contributed by atoms with Crippen molar-refractivity contribution in [3.63, 3.8) is 0 Å². The number of nitrogens with one attached hydrogen (secondary N) is 1. The van der Waals surface area contributed by atoms with E-state index in [0.717, 1.165) is 12.5 Å². The Balaban J connectivity index is 1.86. The fourth-order valence-electron chi connectivity index (χ4n) is 2.57. The normalized spacial score (nSPS) is 18.8. The highest BCUT2D eigenvalue weighted by molar-refractivity contribution is 7.09. The average molecular weight is 267 g/mol. The molecule has 1 saturated carbocycles. The summed E-state index contributed by atoms with van der Waals surface area (Å²) in [7, 11) is 1.87. The van der Waals surface area contributed by atoms with Gasteiger partial charge in [0, 0.05) is 18.0 Å². The summed E-state index contributed by atoms with van der Waals surface area (Å²) in [6, 6.07) is 4.90. The first-order valence-corrected chi connectivity index (χ1v) is 8.01. The number of thiophene rings is 1. The van der Waals surface area contributed by atoms with E-state index in [1.54, 1.807) is 0 Å². The number of rotatable bonds is 9. The van der Waals surface area contributed by atoms with Crippen LogP contribution in [0, 0.1) is 5.92 Å². The van der Waals surface area contributed by atoms with Crippen molar-refractivity contribution < 1.29 is 4.74 Å². The molecule has 1 aromatic rings. The van der Waals surface area contributed by atoms with Gasteiger partial charge in [0.15, 0.2) is 0 Å². The van der Waals surface area contributed by atoms with E-state index in [-0.39, 0.29) is 0 Å². The maximum absolute atomic E-state index is 5.74. The summed E-state index contributed by atoms with van der Waals surface area (Å²) in [6.07, 6.45) is 6.66. The first kappa shape index (κ1) is 14.0. The van der Waals surface area contributed by atoms with Gasteiger partial charge in [-0.05, 0) is 56.0 Å². The first-order chi connectivity index (χ1) is 8.85. The van der Waals surface area contributed by atoms with E-state index in [1.807, 2.05) is 18.4 Å². The van der Waals surface area contributed by atoms with E-state index in [9.17, 15) is 0 Å². The van der Waals surface area contributed by atoms with E-state index in [1.165, 1.54) is 37.0 Å². The van der Waals surface area contributed by atoms with E-state index >= 15 is 0 Å². The van der Waals surface area contributed by atoms with Gasteiger partial charge in [-0.1, -0.05) is 13.0 Å². The SMILES string of the molecule is CCCNC(CCc1cccs1)C(OC)C1CC1. The molecule has 0 amide bonds. The van der Waals surface area contributed by atoms with Gasteiger partial charge in [0.2, 0.25) is 0 Å². The summed E-state index contributed by atoms with van der Waals surface area (Å²) in [5.41, 5.74) is 0. The number of aryl methyl sites for hydroxylation is 1. The van der Waals surface area contributed by atoms with Crippen LogP contribution >= 0.6 is 11.3 Å². The summed E-state index contributed by atoms with van der Waals surface area (Å²) < 4.78 is 5.74. The van der Waals surface area contributed by atoms with E-state index in [4.69, 9.17) is 4.74 Å². The molecule has 2 rings (SSSR count). The third-order valence-corrected chi connectivity index (χ3v) is 4.63. The molecule has 2 nitrogen and oxygen atoms in total. The smallest absolute Gasteiger partial charge is 0.0752 e. The van der Waals surface area contributed by atoms with Crippen molar-refractivity contribution in [2.45, 2.75) is 51.2 Å². The first-order valence-electron chi connectivity index (χ1n) is 7.13. The summed E-state index contributed by atoms with van der Waals surface area (Å²) >= 11 is 1.86. The largest absolute Gasteiger partial charge is 0.380 e. The molecule has 18 heavy (non-hydrogen) atoms. The molecule has 1 aliphatic rings. The minimum absolute atomic E-state index is 0.413. The fraction of sp³-hybridized carbons (Fsp3) is 0.733. The molecule has 1 aliphatic carbocycles. The minimum atomic E-state index is 0.413. The van der Waals surface area contributed by atoms with Gasteiger partial charge in [-0.15, -0.1) is 11.3 Å². The Morgan fingerprint density at radius 2 is 2.33 bits per heavy atom. The number of ether oxygens (including phenoxy) is 1. The van der Waals surface area contributed by atoms with Gasteiger partial charge in [0.25, 0.3) is 0 Å². The lowest BCUT2D eigenvalue weighted by Crippen LogP contribution is -2.43. The molecule has 0 aliphatic heterocycles. The Morgan fingerprint density at radius 1 is 1.50 bits per heavy atom. The average Bonchev–Trinajstić information content (AvgIpc) is 3.08. The van der Waals surface area contributed by atoms with Crippen LogP contribution in [-0.4, -0.2) is 25.8 Å². The van der Waals surface area contributed by atoms with Crippen molar-refractivity contribution in [2.75, 3.05) is 13.7 Å². The van der Waals surface area contributed by atoms with Crippen LogP contribution in [0.3, 0.4) is 0 Å². The van der Waals surface area contributed by atoms with Crippen LogP contribution in [0.2, 0.25) is 0 Å².